The van der Waals surface area contributed by atoms with Gasteiger partial charge < -0.3 is 19.9 Å². The van der Waals surface area contributed by atoms with Crippen LogP contribution in [0, 0.1) is 0 Å². The number of carbonyl (C=O) groups is 2. The number of amides is 1. The van der Waals surface area contributed by atoms with Gasteiger partial charge in [-0.2, -0.15) is 0 Å². The number of hydrogen-bond acceptors (Lipinski definition) is 7. The lowest BCUT2D eigenvalue weighted by atomic mass is 9.95. The lowest BCUT2D eigenvalue weighted by Crippen LogP contribution is -2.49. The van der Waals surface area contributed by atoms with Crippen LogP contribution in [0.3, 0.4) is 0 Å². The summed E-state index contributed by atoms with van der Waals surface area (Å²) in [6.07, 6.45) is 8.86. The van der Waals surface area contributed by atoms with E-state index in [0.29, 0.717) is 6.54 Å². The molecule has 1 N–H and O–H groups in total. The number of rotatable bonds is 4. The standard InChI is InChI=1S/C19H25N5O3/c1-27-17(26)4-3-16(25)24-9-2-6-19(24)7-10-23(12-19)18-14-5-8-20-11-15(14)21-13-22-18/h5,8,13,20H,2-4,6-7,9-12H2,1H3. The van der Waals surface area contributed by atoms with Crippen LogP contribution in [0.2, 0.25) is 0 Å². The SMILES string of the molecule is COC(=O)CCC(=O)N1CCCC12CCN(c1ncnc3c1C=CNC3)C2. The number of fused-ring (bicyclic) bond motifs is 1. The lowest BCUT2D eigenvalue weighted by Gasteiger charge is -2.35. The van der Waals surface area contributed by atoms with Crippen LogP contribution in [-0.2, 0) is 20.9 Å². The highest BCUT2D eigenvalue weighted by Gasteiger charge is 2.48. The maximum atomic E-state index is 12.8. The van der Waals surface area contributed by atoms with Crippen molar-refractivity contribution < 1.29 is 14.3 Å². The molecule has 0 aromatic carbocycles. The molecular formula is C19H25N5O3. The Morgan fingerprint density at radius 1 is 1.26 bits per heavy atom. The summed E-state index contributed by atoms with van der Waals surface area (Å²) in [5, 5.41) is 3.18. The van der Waals surface area contributed by atoms with Gasteiger partial charge in [0.25, 0.3) is 0 Å². The van der Waals surface area contributed by atoms with Gasteiger partial charge in [-0.25, -0.2) is 9.97 Å². The second-order valence-electron chi connectivity index (χ2n) is 7.39. The summed E-state index contributed by atoms with van der Waals surface area (Å²) in [6.45, 7) is 3.12. The Hall–Kier alpha value is -2.64. The molecular weight excluding hydrogens is 346 g/mol. The molecule has 1 aromatic heterocycles. The number of carbonyl (C=O) groups excluding carboxylic acids is 2. The van der Waals surface area contributed by atoms with Gasteiger partial charge in [0.05, 0.1) is 31.3 Å². The fourth-order valence-electron chi connectivity index (χ4n) is 4.52. The third-order valence-corrected chi connectivity index (χ3v) is 5.88. The zero-order chi connectivity index (χ0) is 18.9. The summed E-state index contributed by atoms with van der Waals surface area (Å²) in [5.74, 6) is 0.662. The minimum absolute atomic E-state index is 0.0496. The van der Waals surface area contributed by atoms with Gasteiger partial charge in [-0.05, 0) is 31.5 Å². The van der Waals surface area contributed by atoms with Crippen molar-refractivity contribution in [2.45, 2.75) is 44.2 Å². The molecule has 3 aliphatic heterocycles. The van der Waals surface area contributed by atoms with E-state index in [1.165, 1.54) is 7.11 Å². The molecule has 3 aliphatic rings. The predicted octanol–water partition coefficient (Wildman–Crippen LogP) is 1.07. The number of anilines is 1. The van der Waals surface area contributed by atoms with Crippen LogP contribution in [0.25, 0.3) is 6.08 Å². The quantitative estimate of drug-likeness (QED) is 0.792. The molecule has 0 bridgehead atoms. The van der Waals surface area contributed by atoms with E-state index in [1.807, 2.05) is 17.2 Å². The van der Waals surface area contributed by atoms with Crippen LogP contribution in [0.15, 0.2) is 12.5 Å². The molecule has 1 spiro atoms. The van der Waals surface area contributed by atoms with Crippen molar-refractivity contribution in [3.63, 3.8) is 0 Å². The van der Waals surface area contributed by atoms with Gasteiger partial charge in [-0.3, -0.25) is 9.59 Å². The molecule has 0 radical (unpaired) electrons. The van der Waals surface area contributed by atoms with Gasteiger partial charge in [-0.1, -0.05) is 0 Å². The number of likely N-dealkylation sites (tertiary alicyclic amines) is 1. The number of ether oxygens (including phenoxy) is 1. The van der Waals surface area contributed by atoms with Crippen LogP contribution >= 0.6 is 0 Å². The maximum absolute atomic E-state index is 12.8. The van der Waals surface area contributed by atoms with Gasteiger partial charge in [0.15, 0.2) is 0 Å². The van der Waals surface area contributed by atoms with Gasteiger partial charge in [0, 0.05) is 31.6 Å². The van der Waals surface area contributed by atoms with Crippen molar-refractivity contribution in [1.82, 2.24) is 20.2 Å². The number of esters is 1. The Labute approximate surface area is 158 Å². The van der Waals surface area contributed by atoms with Crippen LogP contribution in [-0.4, -0.2) is 59.0 Å². The molecule has 2 saturated heterocycles. The van der Waals surface area contributed by atoms with Crippen LogP contribution in [0.4, 0.5) is 5.82 Å². The molecule has 1 unspecified atom stereocenters. The van der Waals surface area contributed by atoms with E-state index >= 15 is 0 Å². The van der Waals surface area contributed by atoms with Crippen molar-refractivity contribution in [2.24, 2.45) is 0 Å². The molecule has 0 aliphatic carbocycles. The van der Waals surface area contributed by atoms with Gasteiger partial charge in [0.2, 0.25) is 5.91 Å². The summed E-state index contributed by atoms with van der Waals surface area (Å²) >= 11 is 0. The normalized spacial score (nSPS) is 23.4. The number of nitrogens with zero attached hydrogens (tertiary/aromatic N) is 4. The van der Waals surface area contributed by atoms with Crippen LogP contribution in [0.5, 0.6) is 0 Å². The second kappa shape index (κ2) is 7.17. The first-order valence-electron chi connectivity index (χ1n) is 9.49. The summed E-state index contributed by atoms with van der Waals surface area (Å²) in [6, 6.07) is 0. The zero-order valence-electron chi connectivity index (χ0n) is 15.6. The zero-order valence-corrected chi connectivity index (χ0v) is 15.6. The topological polar surface area (TPSA) is 87.7 Å². The highest BCUT2D eigenvalue weighted by atomic mass is 16.5. The largest absolute Gasteiger partial charge is 0.469 e. The first-order chi connectivity index (χ1) is 13.1. The average molecular weight is 371 g/mol. The maximum Gasteiger partial charge on any atom is 0.306 e. The Balaban J connectivity index is 1.50. The average Bonchev–Trinajstić information content (AvgIpc) is 3.32. The van der Waals surface area contributed by atoms with Gasteiger partial charge in [0.1, 0.15) is 12.1 Å². The van der Waals surface area contributed by atoms with E-state index in [4.69, 9.17) is 0 Å². The third kappa shape index (κ3) is 3.24. The first-order valence-corrected chi connectivity index (χ1v) is 9.49. The molecule has 2 fully saturated rings. The molecule has 0 saturated carbocycles. The molecule has 8 nitrogen and oxygen atoms in total. The highest BCUT2D eigenvalue weighted by Crippen LogP contribution is 2.40. The van der Waals surface area contributed by atoms with Gasteiger partial charge >= 0.3 is 5.97 Å². The summed E-state index contributed by atoms with van der Waals surface area (Å²) in [4.78, 5) is 37.3. The molecule has 1 aromatic rings. The number of aromatic nitrogens is 2. The molecule has 27 heavy (non-hydrogen) atoms. The Morgan fingerprint density at radius 3 is 3.00 bits per heavy atom. The Kier molecular flexibility index (Phi) is 4.72. The van der Waals surface area contributed by atoms with Crippen molar-refractivity contribution >= 4 is 23.8 Å². The van der Waals surface area contributed by atoms with Crippen molar-refractivity contribution in [3.05, 3.63) is 23.8 Å². The molecule has 4 rings (SSSR count). The van der Waals surface area contributed by atoms with E-state index in [0.717, 1.165) is 56.0 Å². The van der Waals surface area contributed by atoms with E-state index in [-0.39, 0.29) is 30.3 Å². The number of hydrogen-bond donors (Lipinski definition) is 1. The molecule has 8 heteroatoms. The predicted molar refractivity (Wildman–Crippen MR) is 99.7 cm³/mol. The number of nitrogens with one attached hydrogen (secondary N) is 1. The Bertz CT molecular complexity index is 781. The van der Waals surface area contributed by atoms with E-state index in [2.05, 4.69) is 24.9 Å². The first kappa shape index (κ1) is 17.8. The van der Waals surface area contributed by atoms with E-state index in [1.54, 1.807) is 6.33 Å². The van der Waals surface area contributed by atoms with E-state index < -0.39 is 0 Å². The number of methoxy groups -OCH3 is 1. The molecule has 144 valence electrons. The molecule has 1 amide bonds. The highest BCUT2D eigenvalue weighted by molar-refractivity contribution is 5.82. The molecule has 1 atom stereocenters. The van der Waals surface area contributed by atoms with Crippen LogP contribution in [0.1, 0.15) is 43.4 Å². The summed E-state index contributed by atoms with van der Waals surface area (Å²) in [5.41, 5.74) is 1.91. The minimum atomic E-state index is -0.336. The van der Waals surface area contributed by atoms with Crippen LogP contribution < -0.4 is 10.2 Å². The monoisotopic (exact) mass is 371 g/mol. The fourth-order valence-corrected chi connectivity index (χ4v) is 4.52. The smallest absolute Gasteiger partial charge is 0.306 e. The van der Waals surface area contributed by atoms with Crippen molar-refractivity contribution in [2.75, 3.05) is 31.6 Å². The summed E-state index contributed by atoms with van der Waals surface area (Å²) in [7, 11) is 1.35. The minimum Gasteiger partial charge on any atom is -0.469 e. The molecule has 4 heterocycles. The van der Waals surface area contributed by atoms with Crippen molar-refractivity contribution in [1.29, 1.82) is 0 Å². The van der Waals surface area contributed by atoms with Gasteiger partial charge in [-0.15, -0.1) is 0 Å². The van der Waals surface area contributed by atoms with Crippen molar-refractivity contribution in [3.8, 4) is 0 Å². The fraction of sp³-hybridized carbons (Fsp3) is 0.579. The second-order valence-corrected chi connectivity index (χ2v) is 7.39. The van der Waals surface area contributed by atoms with E-state index in [9.17, 15) is 9.59 Å². The Morgan fingerprint density at radius 2 is 2.15 bits per heavy atom. The lowest BCUT2D eigenvalue weighted by molar-refractivity contribution is -0.144. The third-order valence-electron chi connectivity index (χ3n) is 5.88. The summed E-state index contributed by atoms with van der Waals surface area (Å²) < 4.78 is 4.66.